The molecule has 238 valence electrons. The number of nitrogens with one attached hydrogen (secondary N) is 2. The largest absolute Gasteiger partial charge is 0.495 e. The highest BCUT2D eigenvalue weighted by Crippen LogP contribution is 2.37. The average Bonchev–Trinajstić information content (AvgIpc) is 3.14. The lowest BCUT2D eigenvalue weighted by Crippen LogP contribution is -2.22. The predicted octanol–water partition coefficient (Wildman–Crippen LogP) is 8.91. The molecule has 6 rings (SSSR count). The van der Waals surface area contributed by atoms with E-state index in [1.807, 2.05) is 158 Å². The molecule has 0 aromatic heterocycles. The third kappa shape index (κ3) is 7.13. The minimum Gasteiger partial charge on any atom is -0.495 e. The van der Waals surface area contributed by atoms with Crippen LogP contribution in [0, 0.1) is 0 Å². The van der Waals surface area contributed by atoms with Gasteiger partial charge in [0.25, 0.3) is 0 Å². The Morgan fingerprint density at radius 1 is 0.438 bits per heavy atom. The van der Waals surface area contributed by atoms with Crippen molar-refractivity contribution in [3.05, 3.63) is 180 Å². The summed E-state index contributed by atoms with van der Waals surface area (Å²) < 4.78 is 11.5. The Morgan fingerprint density at radius 2 is 0.729 bits per heavy atom. The van der Waals surface area contributed by atoms with Gasteiger partial charge >= 0.3 is 0 Å². The lowest BCUT2D eigenvalue weighted by Gasteiger charge is -2.20. The summed E-state index contributed by atoms with van der Waals surface area (Å²) in [5.74, 6) is -0.273. The van der Waals surface area contributed by atoms with E-state index in [0.29, 0.717) is 22.9 Å². The molecule has 6 heteroatoms. The second kappa shape index (κ2) is 15.0. The van der Waals surface area contributed by atoms with Crippen molar-refractivity contribution in [2.75, 3.05) is 24.9 Å². The molecule has 0 bridgehead atoms. The van der Waals surface area contributed by atoms with Gasteiger partial charge in [0.1, 0.15) is 11.5 Å². The van der Waals surface area contributed by atoms with Crippen LogP contribution in [0.3, 0.4) is 0 Å². The monoisotopic (exact) mass is 632 g/mol. The summed E-state index contributed by atoms with van der Waals surface area (Å²) in [6.45, 7) is 0. The number of carbonyl (C=O) groups excluding carboxylic acids is 2. The molecular weight excluding hydrogens is 596 g/mol. The van der Waals surface area contributed by atoms with Gasteiger partial charge in [-0.2, -0.15) is 0 Å². The first-order valence-electron chi connectivity index (χ1n) is 15.7. The maximum Gasteiger partial charge on any atom is 0.236 e. The van der Waals surface area contributed by atoms with Gasteiger partial charge in [0.2, 0.25) is 11.8 Å². The molecule has 6 aromatic carbocycles. The van der Waals surface area contributed by atoms with Crippen molar-refractivity contribution in [3.8, 4) is 22.6 Å². The van der Waals surface area contributed by atoms with Gasteiger partial charge in [-0.05, 0) is 57.6 Å². The van der Waals surface area contributed by atoms with Crippen LogP contribution in [0.15, 0.2) is 158 Å². The molecule has 0 spiro atoms. The van der Waals surface area contributed by atoms with E-state index in [1.54, 1.807) is 14.2 Å². The van der Waals surface area contributed by atoms with Gasteiger partial charge < -0.3 is 20.1 Å². The Balaban J connectivity index is 1.24. The van der Waals surface area contributed by atoms with Crippen LogP contribution in [0.25, 0.3) is 11.1 Å². The van der Waals surface area contributed by atoms with Crippen LogP contribution >= 0.6 is 0 Å². The van der Waals surface area contributed by atoms with Crippen LogP contribution in [-0.2, 0) is 9.59 Å². The molecule has 6 nitrogen and oxygen atoms in total. The summed E-state index contributed by atoms with van der Waals surface area (Å²) in [4.78, 5) is 27.5. The first-order chi connectivity index (χ1) is 23.6. The summed E-state index contributed by atoms with van der Waals surface area (Å²) >= 11 is 0. The Labute approximate surface area is 281 Å². The topological polar surface area (TPSA) is 76.7 Å². The molecule has 0 heterocycles. The van der Waals surface area contributed by atoms with Crippen molar-refractivity contribution < 1.29 is 19.1 Å². The second-order valence-electron chi connectivity index (χ2n) is 11.3. The van der Waals surface area contributed by atoms with Gasteiger partial charge in [0, 0.05) is 0 Å². The predicted molar refractivity (Wildman–Crippen MR) is 192 cm³/mol. The minimum absolute atomic E-state index is 0.162. The van der Waals surface area contributed by atoms with E-state index < -0.39 is 11.8 Å². The zero-order chi connectivity index (χ0) is 33.3. The average molecular weight is 633 g/mol. The fourth-order valence-corrected chi connectivity index (χ4v) is 5.93. The van der Waals surface area contributed by atoms with Crippen LogP contribution in [0.2, 0.25) is 0 Å². The number of amides is 2. The van der Waals surface area contributed by atoms with E-state index in [4.69, 9.17) is 9.47 Å². The third-order valence-corrected chi connectivity index (χ3v) is 8.31. The van der Waals surface area contributed by atoms with Gasteiger partial charge in [-0.25, -0.2) is 0 Å². The SMILES string of the molecule is COc1cc(-c2ccc(NC(=O)C(c3ccccc3)c3ccccc3)c(OC)c2)ccc1NC(=O)C(c1ccccc1)c1ccccc1. The number of rotatable bonds is 11. The molecule has 2 amide bonds. The molecule has 0 aliphatic rings. The van der Waals surface area contributed by atoms with E-state index in [9.17, 15) is 9.59 Å². The summed E-state index contributed by atoms with van der Waals surface area (Å²) in [7, 11) is 3.16. The Bertz CT molecular complexity index is 1760. The highest BCUT2D eigenvalue weighted by Gasteiger charge is 2.25. The molecular formula is C42H36N2O4. The number of anilines is 2. The van der Waals surface area contributed by atoms with E-state index >= 15 is 0 Å². The fraction of sp³-hybridized carbons (Fsp3) is 0.0952. The van der Waals surface area contributed by atoms with Gasteiger partial charge in [-0.3, -0.25) is 9.59 Å². The van der Waals surface area contributed by atoms with Crippen LogP contribution in [-0.4, -0.2) is 26.0 Å². The fourth-order valence-electron chi connectivity index (χ4n) is 5.93. The van der Waals surface area contributed by atoms with Crippen molar-refractivity contribution in [2.24, 2.45) is 0 Å². The number of ether oxygens (including phenoxy) is 2. The normalized spacial score (nSPS) is 10.8. The third-order valence-electron chi connectivity index (χ3n) is 8.31. The van der Waals surface area contributed by atoms with Gasteiger partial charge in [0.15, 0.2) is 0 Å². The van der Waals surface area contributed by atoms with E-state index in [2.05, 4.69) is 10.6 Å². The Hall–Kier alpha value is -6.14. The molecule has 0 aliphatic carbocycles. The maximum absolute atomic E-state index is 13.8. The highest BCUT2D eigenvalue weighted by molar-refractivity contribution is 6.00. The smallest absolute Gasteiger partial charge is 0.236 e. The number of carbonyl (C=O) groups is 2. The molecule has 0 saturated carbocycles. The van der Waals surface area contributed by atoms with Gasteiger partial charge in [0.05, 0.1) is 37.4 Å². The van der Waals surface area contributed by atoms with E-state index in [1.165, 1.54) is 0 Å². The lowest BCUT2D eigenvalue weighted by atomic mass is 9.90. The van der Waals surface area contributed by atoms with E-state index in [-0.39, 0.29) is 11.8 Å². The molecule has 2 N–H and O–H groups in total. The number of hydrogen-bond acceptors (Lipinski definition) is 4. The van der Waals surface area contributed by atoms with Gasteiger partial charge in [-0.15, -0.1) is 0 Å². The number of hydrogen-bond donors (Lipinski definition) is 2. The first-order valence-corrected chi connectivity index (χ1v) is 15.7. The van der Waals surface area contributed by atoms with Crippen molar-refractivity contribution in [1.29, 1.82) is 0 Å². The maximum atomic E-state index is 13.8. The number of benzene rings is 6. The Kier molecular flexibility index (Phi) is 9.92. The summed E-state index contributed by atoms with van der Waals surface area (Å²) in [5, 5.41) is 6.18. The van der Waals surface area contributed by atoms with Gasteiger partial charge in [-0.1, -0.05) is 133 Å². The van der Waals surface area contributed by atoms with Crippen LogP contribution in [0.4, 0.5) is 11.4 Å². The molecule has 0 aliphatic heterocycles. The molecule has 0 atom stereocenters. The molecule has 48 heavy (non-hydrogen) atoms. The molecule has 0 saturated heterocycles. The van der Waals surface area contributed by atoms with Crippen LogP contribution < -0.4 is 20.1 Å². The zero-order valence-corrected chi connectivity index (χ0v) is 26.8. The molecule has 0 unspecified atom stereocenters. The van der Waals surface area contributed by atoms with Crippen molar-refractivity contribution in [3.63, 3.8) is 0 Å². The summed E-state index contributed by atoms with van der Waals surface area (Å²) in [6.07, 6.45) is 0. The van der Waals surface area contributed by atoms with Crippen molar-refractivity contribution >= 4 is 23.2 Å². The number of methoxy groups -OCH3 is 2. The summed E-state index contributed by atoms with van der Waals surface area (Å²) in [6, 6.07) is 50.2. The summed E-state index contributed by atoms with van der Waals surface area (Å²) in [5.41, 5.74) is 6.43. The quantitative estimate of drug-likeness (QED) is 0.150. The first kappa shape index (κ1) is 31.8. The van der Waals surface area contributed by atoms with E-state index in [0.717, 1.165) is 33.4 Å². The lowest BCUT2D eigenvalue weighted by molar-refractivity contribution is -0.117. The molecule has 6 aromatic rings. The highest BCUT2D eigenvalue weighted by atomic mass is 16.5. The van der Waals surface area contributed by atoms with Crippen molar-refractivity contribution in [1.82, 2.24) is 0 Å². The standard InChI is InChI=1S/C42H36N2O4/c1-47-37-27-33(23-25-35(37)43-41(45)39(29-15-7-3-8-16-29)30-17-9-4-10-18-30)34-24-26-36(38(28-34)48-2)44-42(46)40(31-19-11-5-12-20-31)32-21-13-6-14-22-32/h3-28,39-40H,1-2H3,(H,43,45)(H,44,46). The Morgan fingerprint density at radius 3 is 1.00 bits per heavy atom. The molecule has 0 radical (unpaired) electrons. The van der Waals surface area contributed by atoms with Crippen LogP contribution in [0.1, 0.15) is 34.1 Å². The van der Waals surface area contributed by atoms with Crippen LogP contribution in [0.5, 0.6) is 11.5 Å². The minimum atomic E-state index is -0.493. The molecule has 0 fully saturated rings. The second-order valence-corrected chi connectivity index (χ2v) is 11.3. The van der Waals surface area contributed by atoms with Crippen molar-refractivity contribution in [2.45, 2.75) is 11.8 Å². The zero-order valence-electron chi connectivity index (χ0n) is 26.8.